The minimum Gasteiger partial charge on any atom is -0.383 e. The molecule has 1 saturated heterocycles. The lowest BCUT2D eigenvalue weighted by molar-refractivity contribution is -0.0249. The van der Waals surface area contributed by atoms with Crippen LogP contribution in [0.4, 0.5) is 0 Å². The van der Waals surface area contributed by atoms with Crippen molar-refractivity contribution in [3.63, 3.8) is 0 Å². The van der Waals surface area contributed by atoms with Crippen molar-refractivity contribution in [3.8, 4) is 0 Å². The van der Waals surface area contributed by atoms with Crippen LogP contribution in [0.1, 0.15) is 0 Å². The monoisotopic (exact) mass is 189 g/mol. The fourth-order valence-corrected chi connectivity index (χ4v) is 1.59. The molecule has 0 saturated carbocycles. The first-order valence-electron chi connectivity index (χ1n) is 4.68. The van der Waals surface area contributed by atoms with Gasteiger partial charge in [-0.2, -0.15) is 0 Å². The maximum Gasteiger partial charge on any atom is 0.0640 e. The second-order valence-corrected chi connectivity index (χ2v) is 3.21. The van der Waals surface area contributed by atoms with Crippen LogP contribution in [0.2, 0.25) is 0 Å². The lowest BCUT2D eigenvalue weighted by Gasteiger charge is -2.33. The van der Waals surface area contributed by atoms with Gasteiger partial charge in [0, 0.05) is 27.3 Å². The summed E-state index contributed by atoms with van der Waals surface area (Å²) in [6, 6.07) is 0.374. The van der Waals surface area contributed by atoms with Gasteiger partial charge in [0.1, 0.15) is 0 Å². The molecule has 1 aliphatic rings. The number of nitrogens with zero attached hydrogens (tertiary/aromatic N) is 1. The van der Waals surface area contributed by atoms with E-state index >= 15 is 0 Å². The molecular weight excluding hydrogens is 170 g/mol. The summed E-state index contributed by atoms with van der Waals surface area (Å²) in [6.45, 7) is 5.07. The third-order valence-corrected chi connectivity index (χ3v) is 2.28. The molecular formula is C9H19NO3. The average molecular weight is 189 g/mol. The largest absolute Gasteiger partial charge is 0.383 e. The highest BCUT2D eigenvalue weighted by molar-refractivity contribution is 4.73. The van der Waals surface area contributed by atoms with Gasteiger partial charge < -0.3 is 14.2 Å². The van der Waals surface area contributed by atoms with Crippen LogP contribution in [0.15, 0.2) is 0 Å². The summed E-state index contributed by atoms with van der Waals surface area (Å²) in [5.41, 5.74) is 0. The molecule has 0 bridgehead atoms. The van der Waals surface area contributed by atoms with Gasteiger partial charge in [0.2, 0.25) is 0 Å². The van der Waals surface area contributed by atoms with Crippen LogP contribution in [-0.2, 0) is 14.2 Å². The SMILES string of the molecule is COCC(COC)N1CCOCC1. The molecule has 1 heterocycles. The molecule has 4 nitrogen and oxygen atoms in total. The summed E-state index contributed by atoms with van der Waals surface area (Å²) in [4.78, 5) is 2.36. The third kappa shape index (κ3) is 3.60. The third-order valence-electron chi connectivity index (χ3n) is 2.28. The molecule has 4 heteroatoms. The van der Waals surface area contributed by atoms with Gasteiger partial charge in [-0.25, -0.2) is 0 Å². The van der Waals surface area contributed by atoms with E-state index < -0.39 is 0 Å². The molecule has 0 radical (unpaired) electrons. The van der Waals surface area contributed by atoms with Crippen molar-refractivity contribution in [2.24, 2.45) is 0 Å². The molecule has 0 atom stereocenters. The van der Waals surface area contributed by atoms with Gasteiger partial charge in [-0.05, 0) is 0 Å². The molecule has 0 unspecified atom stereocenters. The summed E-state index contributed by atoms with van der Waals surface area (Å²) in [5, 5.41) is 0. The summed E-state index contributed by atoms with van der Waals surface area (Å²) in [5.74, 6) is 0. The Kier molecular flexibility index (Phi) is 5.31. The zero-order valence-electron chi connectivity index (χ0n) is 8.49. The molecule has 0 aliphatic carbocycles. The van der Waals surface area contributed by atoms with E-state index in [9.17, 15) is 0 Å². The van der Waals surface area contributed by atoms with Crippen molar-refractivity contribution in [2.45, 2.75) is 6.04 Å². The molecule has 0 spiro atoms. The van der Waals surface area contributed by atoms with E-state index in [2.05, 4.69) is 4.90 Å². The van der Waals surface area contributed by atoms with Gasteiger partial charge in [-0.15, -0.1) is 0 Å². The number of hydrogen-bond acceptors (Lipinski definition) is 4. The Morgan fingerprint density at radius 1 is 1.15 bits per heavy atom. The first-order valence-corrected chi connectivity index (χ1v) is 4.68. The quantitative estimate of drug-likeness (QED) is 0.608. The van der Waals surface area contributed by atoms with E-state index in [4.69, 9.17) is 14.2 Å². The minimum absolute atomic E-state index is 0.374. The molecule has 0 aromatic carbocycles. The standard InChI is InChI=1S/C9H19NO3/c1-11-7-9(8-12-2)10-3-5-13-6-4-10/h9H,3-8H2,1-2H3. The van der Waals surface area contributed by atoms with Crippen molar-refractivity contribution in [2.75, 3.05) is 53.7 Å². The Morgan fingerprint density at radius 3 is 2.15 bits per heavy atom. The zero-order valence-corrected chi connectivity index (χ0v) is 8.49. The number of hydrogen-bond donors (Lipinski definition) is 0. The summed E-state index contributed by atoms with van der Waals surface area (Å²) < 4.78 is 15.6. The van der Waals surface area contributed by atoms with Gasteiger partial charge in [0.25, 0.3) is 0 Å². The molecule has 13 heavy (non-hydrogen) atoms. The van der Waals surface area contributed by atoms with Crippen molar-refractivity contribution in [3.05, 3.63) is 0 Å². The number of methoxy groups -OCH3 is 2. The van der Waals surface area contributed by atoms with Crippen molar-refractivity contribution >= 4 is 0 Å². The predicted molar refractivity (Wildman–Crippen MR) is 49.9 cm³/mol. The first-order chi connectivity index (χ1) is 6.38. The molecule has 1 rings (SSSR count). The predicted octanol–water partition coefficient (Wildman–Crippen LogP) is -0.0200. The van der Waals surface area contributed by atoms with Crippen LogP contribution in [0.3, 0.4) is 0 Å². The topological polar surface area (TPSA) is 30.9 Å². The van der Waals surface area contributed by atoms with Crippen LogP contribution in [0.25, 0.3) is 0 Å². The highest BCUT2D eigenvalue weighted by atomic mass is 16.5. The number of morpholine rings is 1. The van der Waals surface area contributed by atoms with E-state index in [1.807, 2.05) is 0 Å². The number of ether oxygens (including phenoxy) is 3. The molecule has 1 aliphatic heterocycles. The second-order valence-electron chi connectivity index (χ2n) is 3.21. The first kappa shape index (κ1) is 10.9. The minimum atomic E-state index is 0.374. The highest BCUT2D eigenvalue weighted by Crippen LogP contribution is 2.04. The van der Waals surface area contributed by atoms with Crippen LogP contribution < -0.4 is 0 Å². The molecule has 0 aromatic heterocycles. The highest BCUT2D eigenvalue weighted by Gasteiger charge is 2.20. The summed E-state index contributed by atoms with van der Waals surface area (Å²) >= 11 is 0. The van der Waals surface area contributed by atoms with Crippen molar-refractivity contribution < 1.29 is 14.2 Å². The number of rotatable bonds is 5. The lowest BCUT2D eigenvalue weighted by Crippen LogP contribution is -2.47. The van der Waals surface area contributed by atoms with Crippen molar-refractivity contribution in [1.82, 2.24) is 4.90 Å². The maximum atomic E-state index is 5.28. The summed E-state index contributed by atoms with van der Waals surface area (Å²) in [6.07, 6.45) is 0. The van der Waals surface area contributed by atoms with Gasteiger partial charge in [-0.1, -0.05) is 0 Å². The van der Waals surface area contributed by atoms with Crippen LogP contribution in [0, 0.1) is 0 Å². The Balaban J connectivity index is 2.32. The maximum absolute atomic E-state index is 5.28. The molecule has 78 valence electrons. The van der Waals surface area contributed by atoms with Gasteiger partial charge >= 0.3 is 0 Å². The van der Waals surface area contributed by atoms with E-state index in [0.29, 0.717) is 6.04 Å². The van der Waals surface area contributed by atoms with Gasteiger partial charge in [-0.3, -0.25) is 4.90 Å². The summed E-state index contributed by atoms with van der Waals surface area (Å²) in [7, 11) is 3.45. The average Bonchev–Trinajstić information content (AvgIpc) is 2.19. The van der Waals surface area contributed by atoms with Crippen LogP contribution in [-0.4, -0.2) is 64.7 Å². The Labute approximate surface area is 79.8 Å². The van der Waals surface area contributed by atoms with E-state index in [1.165, 1.54) is 0 Å². The second kappa shape index (κ2) is 6.32. The fraction of sp³-hybridized carbons (Fsp3) is 1.00. The van der Waals surface area contributed by atoms with Crippen LogP contribution >= 0.6 is 0 Å². The Morgan fingerprint density at radius 2 is 1.69 bits per heavy atom. The smallest absolute Gasteiger partial charge is 0.0640 e. The lowest BCUT2D eigenvalue weighted by atomic mass is 10.2. The van der Waals surface area contributed by atoms with Gasteiger partial charge in [0.15, 0.2) is 0 Å². The van der Waals surface area contributed by atoms with Crippen LogP contribution in [0.5, 0.6) is 0 Å². The van der Waals surface area contributed by atoms with E-state index in [1.54, 1.807) is 14.2 Å². The molecule has 0 aromatic rings. The van der Waals surface area contributed by atoms with Gasteiger partial charge in [0.05, 0.1) is 32.5 Å². The Bertz CT molecular complexity index is 120. The molecule has 1 fully saturated rings. The zero-order chi connectivity index (χ0) is 9.52. The van der Waals surface area contributed by atoms with Crippen molar-refractivity contribution in [1.29, 1.82) is 0 Å². The normalized spacial score (nSPS) is 19.6. The fourth-order valence-electron chi connectivity index (χ4n) is 1.59. The molecule has 0 amide bonds. The van der Waals surface area contributed by atoms with E-state index in [-0.39, 0.29) is 0 Å². The Hall–Kier alpha value is -0.160. The van der Waals surface area contributed by atoms with E-state index in [0.717, 1.165) is 39.5 Å². The molecule has 0 N–H and O–H groups in total.